The van der Waals surface area contributed by atoms with Crippen molar-refractivity contribution in [3.63, 3.8) is 0 Å². The predicted octanol–water partition coefficient (Wildman–Crippen LogP) is 9.90. The average molecular weight is 877 g/mol. The van der Waals surface area contributed by atoms with Gasteiger partial charge in [0.15, 0.2) is 5.65 Å². The Morgan fingerprint density at radius 3 is 2.42 bits per heavy atom. The lowest BCUT2D eigenvalue weighted by Gasteiger charge is -2.42. The average Bonchev–Trinajstić information content (AvgIpc) is 3.67. The summed E-state index contributed by atoms with van der Waals surface area (Å²) in [4.78, 5) is 23.4. The summed E-state index contributed by atoms with van der Waals surface area (Å²) in [6.07, 6.45) is 11.7. The molecule has 2 aliphatic heterocycles. The molecule has 12 nitrogen and oxygen atoms in total. The van der Waals surface area contributed by atoms with Crippen LogP contribution in [0.4, 0.5) is 17.1 Å². The van der Waals surface area contributed by atoms with Crippen molar-refractivity contribution in [1.29, 1.82) is 0 Å². The Kier molecular flexibility index (Phi) is 11.8. The second kappa shape index (κ2) is 17.3. The third-order valence-electron chi connectivity index (χ3n) is 13.4. The van der Waals surface area contributed by atoms with Gasteiger partial charge in [-0.05, 0) is 110 Å². The molecular formula is C48H54ClN7O5S. The number of nitro groups is 1. The Morgan fingerprint density at radius 1 is 0.952 bits per heavy atom. The molecule has 1 N–H and O–H groups in total. The number of nitrogens with zero attached hydrogens (tertiary/aromatic N) is 6. The summed E-state index contributed by atoms with van der Waals surface area (Å²) < 4.78 is 35.3. The highest BCUT2D eigenvalue weighted by Gasteiger charge is 2.32. The van der Waals surface area contributed by atoms with Crippen LogP contribution < -0.4 is 15.0 Å². The van der Waals surface area contributed by atoms with Crippen molar-refractivity contribution in [2.45, 2.75) is 82.2 Å². The third kappa shape index (κ3) is 8.95. The number of hydrogen-bond acceptors (Lipinski definition) is 10. The lowest BCUT2D eigenvalue weighted by molar-refractivity contribution is -0.384. The van der Waals surface area contributed by atoms with Crippen LogP contribution in [0.15, 0.2) is 95.7 Å². The van der Waals surface area contributed by atoms with Crippen molar-refractivity contribution in [3.05, 3.63) is 124 Å². The number of benzene rings is 3. The number of likely N-dealkylation sites (tertiary alicyclic amines) is 1. The lowest BCUT2D eigenvalue weighted by Crippen LogP contribution is -2.47. The molecule has 324 valence electrons. The maximum Gasteiger partial charge on any atom is 0.293 e. The summed E-state index contributed by atoms with van der Waals surface area (Å²) in [5.74, 6) is 0.872. The molecule has 2 saturated heterocycles. The molecule has 2 aromatic heterocycles. The number of fused-ring (bicyclic) bond motifs is 1. The fourth-order valence-electron chi connectivity index (χ4n) is 9.50. The number of nitro benzene ring substituents is 1. The number of piperazine rings is 1. The first-order valence-electron chi connectivity index (χ1n) is 21.8. The van der Waals surface area contributed by atoms with Crippen LogP contribution in [-0.2, 0) is 10.0 Å². The predicted molar refractivity (Wildman–Crippen MR) is 246 cm³/mol. The van der Waals surface area contributed by atoms with E-state index < -0.39 is 14.9 Å². The Bertz CT molecular complexity index is 2610. The maximum absolute atomic E-state index is 14.0. The van der Waals surface area contributed by atoms with Gasteiger partial charge in [-0.3, -0.25) is 15.0 Å². The smallest absolute Gasteiger partial charge is 0.293 e. The van der Waals surface area contributed by atoms with Gasteiger partial charge >= 0.3 is 0 Å². The van der Waals surface area contributed by atoms with Crippen LogP contribution in [-0.4, -0.2) is 90.0 Å². The number of rotatable bonds is 12. The number of halogens is 1. The van der Waals surface area contributed by atoms with Crippen molar-refractivity contribution < 1.29 is 18.1 Å². The Morgan fingerprint density at radius 2 is 1.71 bits per heavy atom. The molecule has 0 atom stereocenters. The van der Waals surface area contributed by atoms with E-state index in [-0.39, 0.29) is 27.7 Å². The first-order valence-corrected chi connectivity index (χ1v) is 23.6. The number of anilines is 2. The second-order valence-electron chi connectivity index (χ2n) is 18.2. The minimum Gasteiger partial charge on any atom is -0.455 e. The molecule has 0 amide bonds. The molecule has 5 aromatic rings. The fourth-order valence-corrected chi connectivity index (χ4v) is 11.0. The topological polar surface area (TPSA) is 126 Å². The van der Waals surface area contributed by atoms with Gasteiger partial charge in [0.25, 0.3) is 15.7 Å². The van der Waals surface area contributed by atoms with E-state index in [4.69, 9.17) is 23.3 Å². The highest BCUT2D eigenvalue weighted by molar-refractivity contribution is 7.90. The van der Waals surface area contributed by atoms with Crippen molar-refractivity contribution in [1.82, 2.24) is 18.8 Å². The van der Waals surface area contributed by atoms with E-state index in [1.54, 1.807) is 12.1 Å². The van der Waals surface area contributed by atoms with E-state index in [1.807, 2.05) is 30.3 Å². The quantitative estimate of drug-likeness (QED) is 0.0957. The SMILES string of the molecule is [CH]c1ccc(N2CCN(CC3=C(c4ccc(Cl)cc4)CC(C)(C)CC3)CC2)cc1Oc1cnc2c(ccn2S(=O)(=O)c2ccc(NC3CCN(C4CCC4)CC3)c([N+](=O)[O-])c2)c1. The van der Waals surface area contributed by atoms with Crippen LogP contribution in [0.1, 0.15) is 76.3 Å². The van der Waals surface area contributed by atoms with Crippen LogP contribution in [0.3, 0.4) is 0 Å². The van der Waals surface area contributed by atoms with Crippen molar-refractivity contribution in [2.75, 3.05) is 56.0 Å². The van der Waals surface area contributed by atoms with E-state index in [1.165, 1.54) is 66.9 Å². The normalized spacial score (nSPS) is 19.5. The zero-order valence-electron chi connectivity index (χ0n) is 35.4. The molecule has 14 heteroatoms. The molecule has 2 aliphatic carbocycles. The van der Waals surface area contributed by atoms with E-state index >= 15 is 0 Å². The molecule has 0 spiro atoms. The second-order valence-corrected chi connectivity index (χ2v) is 20.4. The van der Waals surface area contributed by atoms with Gasteiger partial charge < -0.3 is 19.9 Å². The molecule has 1 saturated carbocycles. The van der Waals surface area contributed by atoms with Gasteiger partial charge in [0.2, 0.25) is 0 Å². The molecule has 3 aromatic carbocycles. The van der Waals surface area contributed by atoms with E-state index in [2.05, 4.69) is 51.0 Å². The highest BCUT2D eigenvalue weighted by Crippen LogP contribution is 2.44. The number of nitrogens with one attached hydrogen (secondary N) is 1. The summed E-state index contributed by atoms with van der Waals surface area (Å²) >= 11 is 6.24. The molecule has 2 radical (unpaired) electrons. The number of hydrogen-bond donors (Lipinski definition) is 1. The monoisotopic (exact) mass is 875 g/mol. The zero-order valence-corrected chi connectivity index (χ0v) is 37.0. The first-order chi connectivity index (χ1) is 29.8. The number of allylic oxidation sites excluding steroid dienone is 1. The van der Waals surface area contributed by atoms with Crippen LogP contribution in [0, 0.1) is 22.5 Å². The lowest BCUT2D eigenvalue weighted by atomic mass is 9.72. The number of pyridine rings is 1. The van der Waals surface area contributed by atoms with Gasteiger partial charge in [0, 0.05) is 99.2 Å². The molecule has 62 heavy (non-hydrogen) atoms. The van der Waals surface area contributed by atoms with E-state index in [9.17, 15) is 18.5 Å². The van der Waals surface area contributed by atoms with Crippen LogP contribution >= 0.6 is 11.6 Å². The Labute approximate surface area is 369 Å². The first kappa shape index (κ1) is 42.4. The number of piperidine rings is 1. The summed E-state index contributed by atoms with van der Waals surface area (Å²) in [6, 6.07) is 22.2. The van der Waals surface area contributed by atoms with Gasteiger partial charge in [-0.1, -0.05) is 55.6 Å². The maximum atomic E-state index is 14.0. The summed E-state index contributed by atoms with van der Waals surface area (Å²) in [5.41, 5.74) is 6.21. The summed E-state index contributed by atoms with van der Waals surface area (Å²) in [5, 5.41) is 16.8. The van der Waals surface area contributed by atoms with Gasteiger partial charge in [0.1, 0.15) is 17.2 Å². The van der Waals surface area contributed by atoms with Crippen LogP contribution in [0.25, 0.3) is 16.6 Å². The van der Waals surface area contributed by atoms with Crippen LogP contribution in [0.5, 0.6) is 11.5 Å². The Hall–Kier alpha value is -4.95. The standard InChI is InChI=1S/C48H54ClN7O5S/c1-33-7-12-40(54-25-23-52(24-26-54)32-36-15-19-48(2,3)30-43(36)34-8-10-37(49)11-9-34)28-46(33)61-41-27-35-16-22-55(47(35)50-31-41)62(59,60)42-13-14-44(45(29-42)56(57)58)51-38-17-20-53(21-18-38)39-5-4-6-39/h1,7-14,16,22,27-29,31,38-39,51H,4-6,15,17-21,23-26,30,32H2,2-3H3. The highest BCUT2D eigenvalue weighted by atomic mass is 35.5. The minimum absolute atomic E-state index is 0.0774. The van der Waals surface area contributed by atoms with Crippen molar-refractivity contribution >= 4 is 55.3 Å². The number of ether oxygens (including phenoxy) is 1. The van der Waals surface area contributed by atoms with E-state index in [0.29, 0.717) is 34.2 Å². The zero-order chi connectivity index (χ0) is 43.2. The summed E-state index contributed by atoms with van der Waals surface area (Å²) in [6.45, 7) is 17.6. The van der Waals surface area contributed by atoms with E-state index in [0.717, 1.165) is 92.2 Å². The number of aromatic nitrogens is 2. The molecule has 4 heterocycles. The van der Waals surface area contributed by atoms with Gasteiger partial charge in [0.05, 0.1) is 16.0 Å². The largest absolute Gasteiger partial charge is 0.455 e. The van der Waals surface area contributed by atoms with Gasteiger partial charge in [-0.15, -0.1) is 0 Å². The Balaban J connectivity index is 0.856. The molecule has 3 fully saturated rings. The fraction of sp³-hybridized carbons (Fsp3) is 0.417. The molecule has 0 unspecified atom stereocenters. The van der Waals surface area contributed by atoms with Gasteiger partial charge in [-0.25, -0.2) is 17.4 Å². The summed E-state index contributed by atoms with van der Waals surface area (Å²) in [7, 11) is -4.23. The van der Waals surface area contributed by atoms with Crippen molar-refractivity contribution in [2.24, 2.45) is 5.41 Å². The molecular weight excluding hydrogens is 822 g/mol. The minimum atomic E-state index is -4.23. The molecule has 0 bridgehead atoms. The van der Waals surface area contributed by atoms with Crippen LogP contribution in [0.2, 0.25) is 5.02 Å². The molecule has 9 rings (SSSR count). The van der Waals surface area contributed by atoms with Gasteiger partial charge in [-0.2, -0.15) is 0 Å². The molecule has 4 aliphatic rings. The van der Waals surface area contributed by atoms with Crippen molar-refractivity contribution in [3.8, 4) is 11.5 Å². The third-order valence-corrected chi connectivity index (χ3v) is 15.3.